The molecule has 0 fully saturated rings. The van der Waals surface area contributed by atoms with Crippen molar-refractivity contribution in [3.8, 4) is 0 Å². The molecule has 0 aliphatic carbocycles. The van der Waals surface area contributed by atoms with Gasteiger partial charge in [0.05, 0.1) is 0 Å². The smallest absolute Gasteiger partial charge is 0.321 e. The number of aromatic nitrogens is 2. The third kappa shape index (κ3) is 2.56. The van der Waals surface area contributed by atoms with Crippen LogP contribution in [0.1, 0.15) is 18.3 Å². The van der Waals surface area contributed by atoms with Crippen molar-refractivity contribution in [3.63, 3.8) is 0 Å². The van der Waals surface area contributed by atoms with Crippen LogP contribution < -0.4 is 5.32 Å². The second-order valence-corrected chi connectivity index (χ2v) is 3.21. The minimum absolute atomic E-state index is 0.489. The second-order valence-electron chi connectivity index (χ2n) is 3.21. The normalized spacial score (nSPS) is 10.2. The fraction of sp³-hybridized carbons (Fsp3) is 0.273. The van der Waals surface area contributed by atoms with Crippen molar-refractivity contribution in [2.45, 2.75) is 13.3 Å². The van der Waals surface area contributed by atoms with Crippen molar-refractivity contribution < 1.29 is 4.52 Å². The number of rotatable bonds is 4. The lowest BCUT2D eigenvalue weighted by Crippen LogP contribution is -1.96. The Balaban J connectivity index is 2.05. The SMILES string of the molecule is CCNc1nc(Cc2ccccc2)no1. The Labute approximate surface area is 88.3 Å². The first kappa shape index (κ1) is 9.71. The van der Waals surface area contributed by atoms with Gasteiger partial charge in [0.2, 0.25) is 0 Å². The van der Waals surface area contributed by atoms with Crippen LogP contribution in [0.15, 0.2) is 34.9 Å². The Hall–Kier alpha value is -1.84. The molecular formula is C11H13N3O. The molecule has 0 saturated carbocycles. The molecular weight excluding hydrogens is 190 g/mol. The van der Waals surface area contributed by atoms with Gasteiger partial charge < -0.3 is 9.84 Å². The Morgan fingerprint density at radius 1 is 1.27 bits per heavy atom. The van der Waals surface area contributed by atoms with E-state index in [0.717, 1.165) is 6.54 Å². The average molecular weight is 203 g/mol. The van der Waals surface area contributed by atoms with Gasteiger partial charge in [0.1, 0.15) is 0 Å². The quantitative estimate of drug-likeness (QED) is 0.826. The lowest BCUT2D eigenvalue weighted by atomic mass is 10.1. The molecule has 0 spiro atoms. The Bertz CT molecular complexity index is 411. The maximum atomic E-state index is 5.01. The Kier molecular flexibility index (Phi) is 2.97. The summed E-state index contributed by atoms with van der Waals surface area (Å²) < 4.78 is 5.01. The van der Waals surface area contributed by atoms with Crippen LogP contribution in [0.4, 0.5) is 6.01 Å². The Morgan fingerprint density at radius 3 is 2.80 bits per heavy atom. The average Bonchev–Trinajstić information content (AvgIpc) is 2.68. The molecule has 2 rings (SSSR count). The molecule has 0 amide bonds. The van der Waals surface area contributed by atoms with Crippen LogP contribution in [-0.4, -0.2) is 16.7 Å². The number of nitrogens with one attached hydrogen (secondary N) is 1. The summed E-state index contributed by atoms with van der Waals surface area (Å²) in [5.74, 6) is 0.706. The summed E-state index contributed by atoms with van der Waals surface area (Å²) >= 11 is 0. The van der Waals surface area contributed by atoms with Crippen molar-refractivity contribution >= 4 is 6.01 Å². The van der Waals surface area contributed by atoms with E-state index < -0.39 is 0 Å². The first-order valence-electron chi connectivity index (χ1n) is 4.99. The highest BCUT2D eigenvalue weighted by molar-refractivity contribution is 5.22. The molecule has 1 heterocycles. The highest BCUT2D eigenvalue weighted by Crippen LogP contribution is 2.08. The first-order valence-corrected chi connectivity index (χ1v) is 4.99. The molecule has 0 bridgehead atoms. The van der Waals surface area contributed by atoms with Gasteiger partial charge >= 0.3 is 6.01 Å². The summed E-state index contributed by atoms with van der Waals surface area (Å²) in [7, 11) is 0. The molecule has 0 unspecified atom stereocenters. The fourth-order valence-electron chi connectivity index (χ4n) is 1.33. The number of hydrogen-bond acceptors (Lipinski definition) is 4. The maximum Gasteiger partial charge on any atom is 0.321 e. The molecule has 0 aliphatic heterocycles. The van der Waals surface area contributed by atoms with E-state index in [4.69, 9.17) is 4.52 Å². The van der Waals surface area contributed by atoms with Gasteiger partial charge in [0.25, 0.3) is 0 Å². The van der Waals surface area contributed by atoms with Crippen LogP contribution in [-0.2, 0) is 6.42 Å². The minimum atomic E-state index is 0.489. The van der Waals surface area contributed by atoms with Gasteiger partial charge in [-0.3, -0.25) is 0 Å². The molecule has 4 heteroatoms. The van der Waals surface area contributed by atoms with E-state index in [-0.39, 0.29) is 0 Å². The zero-order valence-corrected chi connectivity index (χ0v) is 8.60. The van der Waals surface area contributed by atoms with E-state index in [2.05, 4.69) is 15.5 Å². The van der Waals surface area contributed by atoms with Crippen molar-refractivity contribution in [2.75, 3.05) is 11.9 Å². The molecule has 1 aromatic heterocycles. The van der Waals surface area contributed by atoms with Crippen LogP contribution in [0.25, 0.3) is 0 Å². The largest absolute Gasteiger partial charge is 0.338 e. The highest BCUT2D eigenvalue weighted by atomic mass is 16.5. The lowest BCUT2D eigenvalue weighted by molar-refractivity contribution is 0.424. The third-order valence-corrected chi connectivity index (χ3v) is 2.00. The van der Waals surface area contributed by atoms with Crippen LogP contribution in [0.5, 0.6) is 0 Å². The van der Waals surface area contributed by atoms with E-state index in [0.29, 0.717) is 18.3 Å². The molecule has 1 N–H and O–H groups in total. The van der Waals surface area contributed by atoms with Gasteiger partial charge in [0, 0.05) is 13.0 Å². The van der Waals surface area contributed by atoms with Gasteiger partial charge in [-0.25, -0.2) is 0 Å². The van der Waals surface area contributed by atoms with Gasteiger partial charge in [-0.1, -0.05) is 35.5 Å². The summed E-state index contributed by atoms with van der Waals surface area (Å²) in [5, 5.41) is 6.85. The highest BCUT2D eigenvalue weighted by Gasteiger charge is 2.04. The lowest BCUT2D eigenvalue weighted by Gasteiger charge is -1.94. The number of benzene rings is 1. The first-order chi connectivity index (χ1) is 7.38. The summed E-state index contributed by atoms with van der Waals surface area (Å²) in [6.45, 7) is 2.77. The van der Waals surface area contributed by atoms with Gasteiger partial charge in [-0.15, -0.1) is 0 Å². The standard InChI is InChI=1S/C11H13N3O/c1-2-12-11-13-10(14-15-11)8-9-6-4-3-5-7-9/h3-7H,2,8H2,1H3,(H,12,13,14). The predicted molar refractivity (Wildman–Crippen MR) is 57.7 cm³/mol. The molecule has 15 heavy (non-hydrogen) atoms. The van der Waals surface area contributed by atoms with Crippen molar-refractivity contribution in [3.05, 3.63) is 41.7 Å². The zero-order chi connectivity index (χ0) is 10.5. The van der Waals surface area contributed by atoms with E-state index in [1.165, 1.54) is 5.56 Å². The van der Waals surface area contributed by atoms with Gasteiger partial charge in [-0.2, -0.15) is 4.98 Å². The fourth-order valence-corrected chi connectivity index (χ4v) is 1.33. The molecule has 0 atom stereocenters. The number of anilines is 1. The monoisotopic (exact) mass is 203 g/mol. The number of nitrogens with zero attached hydrogens (tertiary/aromatic N) is 2. The topological polar surface area (TPSA) is 51.0 Å². The van der Waals surface area contributed by atoms with Crippen molar-refractivity contribution in [1.82, 2.24) is 10.1 Å². The summed E-state index contributed by atoms with van der Waals surface area (Å²) in [4.78, 5) is 4.21. The summed E-state index contributed by atoms with van der Waals surface area (Å²) in [5.41, 5.74) is 1.18. The van der Waals surface area contributed by atoms with Crippen LogP contribution >= 0.6 is 0 Å². The van der Waals surface area contributed by atoms with Gasteiger partial charge in [-0.05, 0) is 12.5 Å². The second kappa shape index (κ2) is 4.59. The Morgan fingerprint density at radius 2 is 2.07 bits per heavy atom. The predicted octanol–water partition coefficient (Wildman–Crippen LogP) is 2.09. The molecule has 4 nitrogen and oxygen atoms in total. The van der Waals surface area contributed by atoms with Crippen LogP contribution in [0.3, 0.4) is 0 Å². The van der Waals surface area contributed by atoms with E-state index in [9.17, 15) is 0 Å². The van der Waals surface area contributed by atoms with E-state index >= 15 is 0 Å². The van der Waals surface area contributed by atoms with E-state index in [1.54, 1.807) is 0 Å². The molecule has 2 aromatic rings. The molecule has 1 aromatic carbocycles. The van der Waals surface area contributed by atoms with Gasteiger partial charge in [0.15, 0.2) is 5.82 Å². The van der Waals surface area contributed by atoms with Crippen LogP contribution in [0, 0.1) is 0 Å². The van der Waals surface area contributed by atoms with Crippen molar-refractivity contribution in [1.29, 1.82) is 0 Å². The summed E-state index contributed by atoms with van der Waals surface area (Å²) in [6, 6.07) is 10.6. The molecule has 0 radical (unpaired) electrons. The van der Waals surface area contributed by atoms with Crippen LogP contribution in [0.2, 0.25) is 0 Å². The maximum absolute atomic E-state index is 5.01. The number of hydrogen-bond donors (Lipinski definition) is 1. The summed E-state index contributed by atoms with van der Waals surface area (Å²) in [6.07, 6.45) is 0.704. The van der Waals surface area contributed by atoms with E-state index in [1.807, 2.05) is 37.3 Å². The zero-order valence-electron chi connectivity index (χ0n) is 8.60. The minimum Gasteiger partial charge on any atom is -0.338 e. The van der Waals surface area contributed by atoms with Crippen molar-refractivity contribution in [2.24, 2.45) is 0 Å². The molecule has 0 saturated heterocycles. The third-order valence-electron chi connectivity index (χ3n) is 2.00. The molecule has 0 aliphatic rings. The molecule has 78 valence electrons.